The van der Waals surface area contributed by atoms with Crippen molar-refractivity contribution in [2.75, 3.05) is 39.6 Å². The van der Waals surface area contributed by atoms with Crippen LogP contribution in [0.3, 0.4) is 0 Å². The van der Waals surface area contributed by atoms with Gasteiger partial charge in [-0.2, -0.15) is 0 Å². The van der Waals surface area contributed by atoms with Crippen LogP contribution < -0.4 is 0 Å². The number of esters is 4. The Morgan fingerprint density at radius 1 is 0.270 bits per heavy atom. The number of phosphoric acid groups is 2. The molecule has 3 N–H and O–H groups in total. The van der Waals surface area contributed by atoms with Crippen LogP contribution in [0.15, 0.2) is 0 Å². The molecular formula is C81H158O17P2. The van der Waals surface area contributed by atoms with Crippen molar-refractivity contribution >= 4 is 39.5 Å². The van der Waals surface area contributed by atoms with Crippen molar-refractivity contribution in [2.24, 2.45) is 11.8 Å². The normalized spacial score (nSPS) is 13.9. The lowest BCUT2D eigenvalue weighted by atomic mass is 10.0. The molecule has 17 nitrogen and oxygen atoms in total. The Kier molecular flexibility index (Phi) is 71.2. The van der Waals surface area contributed by atoms with Gasteiger partial charge in [0.25, 0.3) is 0 Å². The summed E-state index contributed by atoms with van der Waals surface area (Å²) in [5, 5.41) is 10.6. The molecule has 0 rings (SSSR count). The van der Waals surface area contributed by atoms with Gasteiger partial charge < -0.3 is 33.8 Å². The molecule has 5 atom stereocenters. The zero-order valence-electron chi connectivity index (χ0n) is 65.5. The SMILES string of the molecule is CCCCCCCCCCCCCCCCCCC(=O)O[C@H](COC(=O)CCCCCCCCC)COP(=O)(O)OC[C@H](O)COP(=O)(O)OC[C@@H](COC(=O)CCCCCCCCCCCCCCCC(C)C)OC(=O)CCCCCCCCCCCCCCCCCCCCC(C)C. The maximum atomic E-state index is 13.1. The van der Waals surface area contributed by atoms with Crippen LogP contribution in [0.4, 0.5) is 0 Å². The first-order valence-electron chi connectivity index (χ1n) is 42.0. The first kappa shape index (κ1) is 98.1. The van der Waals surface area contributed by atoms with Crippen LogP contribution >= 0.6 is 15.6 Å². The van der Waals surface area contributed by atoms with E-state index in [0.29, 0.717) is 25.7 Å². The van der Waals surface area contributed by atoms with Gasteiger partial charge >= 0.3 is 39.5 Å². The van der Waals surface area contributed by atoms with Crippen molar-refractivity contribution in [3.05, 3.63) is 0 Å². The van der Waals surface area contributed by atoms with E-state index >= 15 is 0 Å². The predicted octanol–water partition coefficient (Wildman–Crippen LogP) is 24.3. The maximum Gasteiger partial charge on any atom is 0.472 e. The van der Waals surface area contributed by atoms with E-state index in [0.717, 1.165) is 115 Å². The average Bonchev–Trinajstić information content (AvgIpc) is 0.939. The van der Waals surface area contributed by atoms with E-state index in [1.807, 2.05) is 0 Å². The van der Waals surface area contributed by atoms with Gasteiger partial charge in [-0.15, -0.1) is 0 Å². The van der Waals surface area contributed by atoms with Gasteiger partial charge in [0.15, 0.2) is 12.2 Å². The van der Waals surface area contributed by atoms with Gasteiger partial charge in [-0.3, -0.25) is 37.3 Å². The van der Waals surface area contributed by atoms with Gasteiger partial charge in [0.1, 0.15) is 19.3 Å². The molecule has 0 heterocycles. The summed E-state index contributed by atoms with van der Waals surface area (Å²) in [6.45, 7) is 9.65. The van der Waals surface area contributed by atoms with E-state index in [1.54, 1.807) is 0 Å². The minimum absolute atomic E-state index is 0.108. The summed E-state index contributed by atoms with van der Waals surface area (Å²) in [6, 6.07) is 0. The van der Waals surface area contributed by atoms with Gasteiger partial charge in [-0.05, 0) is 37.5 Å². The number of rotatable bonds is 80. The van der Waals surface area contributed by atoms with Crippen molar-refractivity contribution in [3.8, 4) is 0 Å². The third-order valence-electron chi connectivity index (χ3n) is 19.0. The van der Waals surface area contributed by atoms with Crippen molar-refractivity contribution in [3.63, 3.8) is 0 Å². The highest BCUT2D eigenvalue weighted by Gasteiger charge is 2.30. The molecule has 0 aromatic heterocycles. The minimum atomic E-state index is -4.96. The van der Waals surface area contributed by atoms with Crippen LogP contribution in [-0.4, -0.2) is 96.7 Å². The second-order valence-electron chi connectivity index (χ2n) is 30.1. The monoisotopic (exact) mass is 1470 g/mol. The van der Waals surface area contributed by atoms with Crippen LogP contribution in [0.2, 0.25) is 0 Å². The van der Waals surface area contributed by atoms with Gasteiger partial charge in [0, 0.05) is 25.7 Å². The maximum absolute atomic E-state index is 13.1. The quantitative estimate of drug-likeness (QED) is 0.0222. The van der Waals surface area contributed by atoms with E-state index in [9.17, 15) is 43.2 Å². The van der Waals surface area contributed by atoms with E-state index in [-0.39, 0.29) is 25.7 Å². The zero-order chi connectivity index (χ0) is 73.5. The molecule has 100 heavy (non-hydrogen) atoms. The summed E-state index contributed by atoms with van der Waals surface area (Å²) in [7, 11) is -9.91. The standard InChI is InChI=1S/C81H158O17P2/c1-7-9-11-13-15-16-17-18-19-25-30-36-41-47-53-59-65-80(85)97-76(69-91-78(83)63-57-51-43-14-12-10-8-2)71-95-99(87,88)93-67-75(82)68-94-100(89,90)96-72-77(70-92-79(84)64-58-52-46-40-35-32-27-29-34-39-45-50-56-62-74(5)6)98-81(86)66-60-54-48-42-37-31-26-23-21-20-22-24-28-33-38-44-49-55-61-73(3)4/h73-77,82H,7-72H2,1-6H3,(H,87,88)(H,89,90)/t75-,76+,77+/m0/s1. The molecule has 0 aliphatic carbocycles. The van der Waals surface area contributed by atoms with E-state index in [4.69, 9.17) is 37.0 Å². The van der Waals surface area contributed by atoms with Crippen LogP contribution in [-0.2, 0) is 65.4 Å². The fourth-order valence-corrected chi connectivity index (χ4v) is 14.1. The number of unbranched alkanes of at least 4 members (excludes halogenated alkanes) is 50. The molecule has 0 aromatic carbocycles. The van der Waals surface area contributed by atoms with Crippen LogP contribution in [0.25, 0.3) is 0 Å². The molecule has 0 aliphatic rings. The largest absolute Gasteiger partial charge is 0.472 e. The Hall–Kier alpha value is -1.94. The Labute approximate surface area is 613 Å². The Morgan fingerprint density at radius 2 is 0.460 bits per heavy atom. The summed E-state index contributed by atoms with van der Waals surface area (Å²) >= 11 is 0. The van der Waals surface area contributed by atoms with Gasteiger partial charge in [0.05, 0.1) is 26.4 Å². The van der Waals surface area contributed by atoms with Crippen molar-refractivity contribution in [2.45, 2.75) is 445 Å². The number of phosphoric ester groups is 2. The Bertz CT molecular complexity index is 1920. The molecule has 0 amide bonds. The van der Waals surface area contributed by atoms with Gasteiger partial charge in [0.2, 0.25) is 0 Å². The highest BCUT2D eigenvalue weighted by molar-refractivity contribution is 7.47. The van der Waals surface area contributed by atoms with E-state index in [1.165, 1.54) is 231 Å². The Morgan fingerprint density at radius 3 is 0.680 bits per heavy atom. The van der Waals surface area contributed by atoms with E-state index < -0.39 is 97.5 Å². The summed E-state index contributed by atoms with van der Waals surface area (Å²) < 4.78 is 68.6. The molecule has 0 aliphatic heterocycles. The first-order chi connectivity index (χ1) is 48.4. The second-order valence-corrected chi connectivity index (χ2v) is 33.0. The Balaban J connectivity index is 5.17. The summed E-state index contributed by atoms with van der Waals surface area (Å²) in [5.41, 5.74) is 0. The number of hydrogen-bond acceptors (Lipinski definition) is 15. The van der Waals surface area contributed by atoms with Crippen molar-refractivity contribution < 1.29 is 80.2 Å². The lowest BCUT2D eigenvalue weighted by molar-refractivity contribution is -0.161. The molecule has 0 saturated heterocycles. The molecule has 2 unspecified atom stereocenters. The topological polar surface area (TPSA) is 237 Å². The van der Waals surface area contributed by atoms with Gasteiger partial charge in [-0.25, -0.2) is 9.13 Å². The molecule has 594 valence electrons. The first-order valence-corrected chi connectivity index (χ1v) is 45.0. The average molecular weight is 1470 g/mol. The molecule has 0 radical (unpaired) electrons. The summed E-state index contributed by atoms with van der Waals surface area (Å²) in [4.78, 5) is 72.9. The predicted molar refractivity (Wildman–Crippen MR) is 409 cm³/mol. The van der Waals surface area contributed by atoms with E-state index in [2.05, 4.69) is 41.5 Å². The third kappa shape index (κ3) is 74.3. The van der Waals surface area contributed by atoms with Crippen molar-refractivity contribution in [1.29, 1.82) is 0 Å². The summed E-state index contributed by atoms with van der Waals surface area (Å²) in [6.07, 6.45) is 62.6. The number of aliphatic hydroxyl groups excluding tert-OH is 1. The highest BCUT2D eigenvalue weighted by atomic mass is 31.2. The molecule has 0 bridgehead atoms. The third-order valence-corrected chi connectivity index (χ3v) is 20.9. The fraction of sp³-hybridized carbons (Fsp3) is 0.951. The van der Waals surface area contributed by atoms with Crippen LogP contribution in [0.1, 0.15) is 427 Å². The number of hydrogen-bond donors (Lipinski definition) is 3. The molecular weight excluding hydrogens is 1310 g/mol. The van der Waals surface area contributed by atoms with Crippen LogP contribution in [0.5, 0.6) is 0 Å². The number of carbonyl (C=O) groups excluding carboxylic acids is 4. The highest BCUT2D eigenvalue weighted by Crippen LogP contribution is 2.45. The molecule has 0 fully saturated rings. The lowest BCUT2D eigenvalue weighted by Crippen LogP contribution is -2.30. The van der Waals surface area contributed by atoms with Gasteiger partial charge in [-0.1, -0.05) is 375 Å². The number of aliphatic hydroxyl groups is 1. The fourth-order valence-electron chi connectivity index (χ4n) is 12.5. The molecule has 0 saturated carbocycles. The second kappa shape index (κ2) is 72.6. The molecule has 0 spiro atoms. The van der Waals surface area contributed by atoms with Crippen molar-refractivity contribution in [1.82, 2.24) is 0 Å². The molecule has 19 heteroatoms. The lowest BCUT2D eigenvalue weighted by Gasteiger charge is -2.21. The number of carbonyl (C=O) groups is 4. The smallest absolute Gasteiger partial charge is 0.462 e. The number of ether oxygens (including phenoxy) is 4. The summed E-state index contributed by atoms with van der Waals surface area (Å²) in [5.74, 6) is -0.501. The molecule has 0 aromatic rings. The zero-order valence-corrected chi connectivity index (χ0v) is 67.3. The minimum Gasteiger partial charge on any atom is -0.462 e. The van der Waals surface area contributed by atoms with Crippen LogP contribution in [0, 0.1) is 11.8 Å².